The van der Waals surface area contributed by atoms with Crippen molar-refractivity contribution in [3.63, 3.8) is 0 Å². The molecule has 0 unspecified atom stereocenters. The van der Waals surface area contributed by atoms with Gasteiger partial charge >= 0.3 is 0 Å². The molecular formula is C12H16N2O5. The van der Waals surface area contributed by atoms with Crippen LogP contribution in [0.1, 0.15) is 15.9 Å². The SMILES string of the molecule is Cc1cc(C(=O)NCCOCCO)ccc1[N+](=O)[O-]. The van der Waals surface area contributed by atoms with E-state index in [1.54, 1.807) is 6.92 Å². The quantitative estimate of drug-likeness (QED) is 0.429. The van der Waals surface area contributed by atoms with Crippen molar-refractivity contribution in [2.24, 2.45) is 0 Å². The predicted octanol–water partition coefficient (Wildman–Crippen LogP) is 0.642. The molecule has 7 heteroatoms. The molecule has 0 aliphatic heterocycles. The van der Waals surface area contributed by atoms with E-state index in [0.717, 1.165) is 0 Å². The number of carbonyl (C=O) groups is 1. The van der Waals surface area contributed by atoms with Gasteiger partial charge in [-0.1, -0.05) is 0 Å². The van der Waals surface area contributed by atoms with Crippen LogP contribution < -0.4 is 5.32 Å². The molecular weight excluding hydrogens is 252 g/mol. The van der Waals surface area contributed by atoms with Gasteiger partial charge in [0.05, 0.1) is 24.7 Å². The number of rotatable bonds is 7. The van der Waals surface area contributed by atoms with Gasteiger partial charge in [-0.05, 0) is 19.1 Å². The van der Waals surface area contributed by atoms with E-state index in [-0.39, 0.29) is 24.8 Å². The predicted molar refractivity (Wildman–Crippen MR) is 68.1 cm³/mol. The summed E-state index contributed by atoms with van der Waals surface area (Å²) in [5.74, 6) is -0.314. The number of nitrogens with one attached hydrogen (secondary N) is 1. The fourth-order valence-electron chi connectivity index (χ4n) is 1.51. The molecule has 1 rings (SSSR count). The van der Waals surface area contributed by atoms with Crippen LogP contribution in [0.25, 0.3) is 0 Å². The summed E-state index contributed by atoms with van der Waals surface area (Å²) < 4.78 is 4.99. The molecule has 0 saturated heterocycles. The number of carbonyl (C=O) groups excluding carboxylic acids is 1. The van der Waals surface area contributed by atoms with Crippen LogP contribution >= 0.6 is 0 Å². The Hall–Kier alpha value is -1.99. The molecule has 1 aromatic rings. The van der Waals surface area contributed by atoms with Gasteiger partial charge in [0.15, 0.2) is 0 Å². The summed E-state index contributed by atoms with van der Waals surface area (Å²) in [6.07, 6.45) is 0. The van der Waals surface area contributed by atoms with Crippen molar-refractivity contribution in [2.75, 3.05) is 26.4 Å². The molecule has 0 bridgehead atoms. The normalized spacial score (nSPS) is 10.2. The van der Waals surface area contributed by atoms with Crippen LogP contribution in [0.2, 0.25) is 0 Å². The zero-order valence-electron chi connectivity index (χ0n) is 10.6. The third-order valence-electron chi connectivity index (χ3n) is 2.42. The van der Waals surface area contributed by atoms with Crippen LogP contribution in [0.15, 0.2) is 18.2 Å². The Morgan fingerprint density at radius 3 is 2.79 bits per heavy atom. The molecule has 0 aliphatic rings. The number of aliphatic hydroxyl groups is 1. The Kier molecular flexibility index (Phi) is 5.91. The Labute approximate surface area is 110 Å². The highest BCUT2D eigenvalue weighted by atomic mass is 16.6. The largest absolute Gasteiger partial charge is 0.394 e. The summed E-state index contributed by atoms with van der Waals surface area (Å²) in [6.45, 7) is 2.37. The van der Waals surface area contributed by atoms with Crippen molar-refractivity contribution in [1.29, 1.82) is 0 Å². The first-order chi connectivity index (χ1) is 9.06. The van der Waals surface area contributed by atoms with Gasteiger partial charge in [-0.3, -0.25) is 14.9 Å². The molecule has 1 aromatic carbocycles. The van der Waals surface area contributed by atoms with Gasteiger partial charge < -0.3 is 15.2 Å². The van der Waals surface area contributed by atoms with Crippen LogP contribution in [0, 0.1) is 17.0 Å². The number of aryl methyl sites for hydroxylation is 1. The maximum absolute atomic E-state index is 11.7. The van der Waals surface area contributed by atoms with Crippen LogP contribution in [0.5, 0.6) is 0 Å². The van der Waals surface area contributed by atoms with E-state index in [9.17, 15) is 14.9 Å². The molecule has 0 spiro atoms. The molecule has 19 heavy (non-hydrogen) atoms. The highest BCUT2D eigenvalue weighted by Gasteiger charge is 2.13. The third kappa shape index (κ3) is 4.65. The van der Waals surface area contributed by atoms with Crippen LogP contribution in [0.4, 0.5) is 5.69 Å². The topological polar surface area (TPSA) is 102 Å². The van der Waals surface area contributed by atoms with Crippen LogP contribution in [0.3, 0.4) is 0 Å². The number of aliphatic hydroxyl groups excluding tert-OH is 1. The van der Waals surface area contributed by atoms with E-state index in [4.69, 9.17) is 9.84 Å². The lowest BCUT2D eigenvalue weighted by molar-refractivity contribution is -0.385. The number of nitrogens with zero attached hydrogens (tertiary/aromatic N) is 1. The maximum Gasteiger partial charge on any atom is 0.272 e. The zero-order chi connectivity index (χ0) is 14.3. The number of nitro groups is 1. The maximum atomic E-state index is 11.7. The first-order valence-corrected chi connectivity index (χ1v) is 5.78. The molecule has 104 valence electrons. The smallest absolute Gasteiger partial charge is 0.272 e. The Morgan fingerprint density at radius 2 is 2.21 bits per heavy atom. The Bertz CT molecular complexity index is 461. The van der Waals surface area contributed by atoms with Crippen LogP contribution in [-0.4, -0.2) is 42.3 Å². The lowest BCUT2D eigenvalue weighted by atomic mass is 10.1. The molecule has 0 aromatic heterocycles. The molecule has 0 fully saturated rings. The van der Waals surface area contributed by atoms with Crippen molar-refractivity contribution >= 4 is 11.6 Å². The molecule has 7 nitrogen and oxygen atoms in total. The molecule has 0 atom stereocenters. The fourth-order valence-corrected chi connectivity index (χ4v) is 1.51. The van der Waals surface area contributed by atoms with Gasteiger partial charge in [0.1, 0.15) is 0 Å². The summed E-state index contributed by atoms with van der Waals surface area (Å²) in [4.78, 5) is 21.9. The molecule has 0 saturated carbocycles. The molecule has 0 heterocycles. The summed E-state index contributed by atoms with van der Waals surface area (Å²) in [7, 11) is 0. The molecule has 1 amide bonds. The number of hydrogen-bond acceptors (Lipinski definition) is 5. The van der Waals surface area contributed by atoms with Gasteiger partial charge in [0.2, 0.25) is 0 Å². The average molecular weight is 268 g/mol. The minimum absolute atomic E-state index is 0.0113. The van der Waals surface area contributed by atoms with E-state index in [1.165, 1.54) is 18.2 Å². The van der Waals surface area contributed by atoms with Crippen molar-refractivity contribution < 1.29 is 19.6 Å². The number of amides is 1. The van der Waals surface area contributed by atoms with Crippen molar-refractivity contribution in [1.82, 2.24) is 5.32 Å². The molecule has 2 N–H and O–H groups in total. The molecule has 0 aliphatic carbocycles. The highest BCUT2D eigenvalue weighted by Crippen LogP contribution is 2.18. The summed E-state index contributed by atoms with van der Waals surface area (Å²) in [5, 5.41) is 21.7. The van der Waals surface area contributed by atoms with Crippen molar-refractivity contribution in [2.45, 2.75) is 6.92 Å². The first kappa shape index (κ1) is 15.1. The van der Waals surface area contributed by atoms with Gasteiger partial charge in [-0.25, -0.2) is 0 Å². The van der Waals surface area contributed by atoms with Gasteiger partial charge in [0.25, 0.3) is 11.6 Å². The van der Waals surface area contributed by atoms with E-state index in [2.05, 4.69) is 5.32 Å². The highest BCUT2D eigenvalue weighted by molar-refractivity contribution is 5.94. The van der Waals surface area contributed by atoms with E-state index in [0.29, 0.717) is 24.3 Å². The summed E-state index contributed by atoms with van der Waals surface area (Å²) >= 11 is 0. The van der Waals surface area contributed by atoms with Gasteiger partial charge in [-0.2, -0.15) is 0 Å². The second-order valence-corrected chi connectivity index (χ2v) is 3.85. The van der Waals surface area contributed by atoms with Crippen molar-refractivity contribution in [3.8, 4) is 0 Å². The number of hydrogen-bond donors (Lipinski definition) is 2. The van der Waals surface area contributed by atoms with Crippen molar-refractivity contribution in [3.05, 3.63) is 39.4 Å². The Morgan fingerprint density at radius 1 is 1.47 bits per heavy atom. The first-order valence-electron chi connectivity index (χ1n) is 5.78. The monoisotopic (exact) mass is 268 g/mol. The van der Waals surface area contributed by atoms with Crippen LogP contribution in [-0.2, 0) is 4.74 Å². The lowest BCUT2D eigenvalue weighted by Crippen LogP contribution is -2.27. The zero-order valence-corrected chi connectivity index (χ0v) is 10.6. The standard InChI is InChI=1S/C12H16N2O5/c1-9-8-10(2-3-11(9)14(17)18)12(16)13-4-6-19-7-5-15/h2-3,8,15H,4-7H2,1H3,(H,13,16). The second kappa shape index (κ2) is 7.45. The minimum atomic E-state index is -0.486. The van der Waals surface area contributed by atoms with E-state index in [1.807, 2.05) is 0 Å². The number of nitro benzene ring substituents is 1. The fraction of sp³-hybridized carbons (Fsp3) is 0.417. The average Bonchev–Trinajstić information content (AvgIpc) is 2.37. The summed E-state index contributed by atoms with van der Waals surface area (Å²) in [5.41, 5.74) is 0.794. The van der Waals surface area contributed by atoms with Gasteiger partial charge in [0, 0.05) is 23.7 Å². The minimum Gasteiger partial charge on any atom is -0.394 e. The summed E-state index contributed by atoms with van der Waals surface area (Å²) in [6, 6.07) is 4.20. The number of ether oxygens (including phenoxy) is 1. The van der Waals surface area contributed by atoms with E-state index >= 15 is 0 Å². The Balaban J connectivity index is 2.53. The van der Waals surface area contributed by atoms with Gasteiger partial charge in [-0.15, -0.1) is 0 Å². The lowest BCUT2D eigenvalue weighted by Gasteiger charge is -2.06. The van der Waals surface area contributed by atoms with E-state index < -0.39 is 4.92 Å². The second-order valence-electron chi connectivity index (χ2n) is 3.85. The number of benzene rings is 1. The third-order valence-corrected chi connectivity index (χ3v) is 2.42. The molecule has 0 radical (unpaired) electrons.